The number of hydrogen-bond acceptors (Lipinski definition) is 2. The first kappa shape index (κ1) is 11.2. The average Bonchev–Trinajstić information content (AvgIpc) is 3.10. The van der Waals surface area contributed by atoms with Gasteiger partial charge in [-0.15, -0.1) is 0 Å². The van der Waals surface area contributed by atoms with Crippen molar-refractivity contribution in [2.75, 3.05) is 6.61 Å². The molecule has 1 fully saturated rings. The van der Waals surface area contributed by atoms with E-state index in [9.17, 15) is 4.79 Å². The molecule has 0 N–H and O–H groups in total. The maximum Gasteiger partial charge on any atom is 0.136 e. The zero-order valence-corrected chi connectivity index (χ0v) is 9.90. The van der Waals surface area contributed by atoms with Crippen molar-refractivity contribution in [2.24, 2.45) is 5.92 Å². The molecule has 2 atom stereocenters. The van der Waals surface area contributed by atoms with Gasteiger partial charge in [-0.3, -0.25) is 4.79 Å². The van der Waals surface area contributed by atoms with E-state index in [4.69, 9.17) is 4.74 Å². The van der Waals surface area contributed by atoms with Gasteiger partial charge in [0.2, 0.25) is 0 Å². The van der Waals surface area contributed by atoms with Crippen LogP contribution in [0.1, 0.15) is 38.2 Å². The number of ether oxygens (including phenoxy) is 1. The number of carbonyl (C=O) groups is 1. The molecule has 86 valence electrons. The zero-order chi connectivity index (χ0) is 11.5. The van der Waals surface area contributed by atoms with E-state index in [0.717, 1.165) is 12.2 Å². The minimum absolute atomic E-state index is 0.281. The third kappa shape index (κ3) is 2.26. The predicted octanol–water partition coefficient (Wildman–Crippen LogP) is 3.17. The van der Waals surface area contributed by atoms with Crippen molar-refractivity contribution in [1.29, 1.82) is 0 Å². The molecular formula is C14H18O2. The second-order valence-electron chi connectivity index (χ2n) is 4.27. The molecule has 1 aromatic rings. The Kier molecular flexibility index (Phi) is 3.28. The smallest absolute Gasteiger partial charge is 0.136 e. The van der Waals surface area contributed by atoms with Crippen molar-refractivity contribution in [3.63, 3.8) is 0 Å². The first-order chi connectivity index (χ1) is 7.76. The van der Waals surface area contributed by atoms with E-state index in [2.05, 4.69) is 12.1 Å². The summed E-state index contributed by atoms with van der Waals surface area (Å²) >= 11 is 0. The van der Waals surface area contributed by atoms with Crippen molar-refractivity contribution >= 4 is 5.78 Å². The Balaban J connectivity index is 1.99. The van der Waals surface area contributed by atoms with Crippen LogP contribution in [0.2, 0.25) is 0 Å². The van der Waals surface area contributed by atoms with Gasteiger partial charge in [-0.25, -0.2) is 0 Å². The van der Waals surface area contributed by atoms with Gasteiger partial charge in [0.1, 0.15) is 11.5 Å². The molecule has 1 saturated carbocycles. The lowest BCUT2D eigenvalue weighted by atomic mass is 10.1. The maximum absolute atomic E-state index is 11.5. The van der Waals surface area contributed by atoms with Crippen molar-refractivity contribution in [2.45, 2.75) is 32.6 Å². The summed E-state index contributed by atoms with van der Waals surface area (Å²) in [5.74, 6) is 2.05. The second-order valence-corrected chi connectivity index (χ2v) is 4.27. The molecule has 2 heteroatoms. The summed E-state index contributed by atoms with van der Waals surface area (Å²) in [5, 5.41) is 0. The molecule has 1 aromatic carbocycles. The fourth-order valence-corrected chi connectivity index (χ4v) is 2.16. The molecule has 0 saturated heterocycles. The molecule has 2 nitrogen and oxygen atoms in total. The van der Waals surface area contributed by atoms with E-state index in [1.165, 1.54) is 5.56 Å². The molecule has 0 amide bonds. The second kappa shape index (κ2) is 4.69. The summed E-state index contributed by atoms with van der Waals surface area (Å²) in [4.78, 5) is 11.5. The van der Waals surface area contributed by atoms with E-state index < -0.39 is 0 Å². The van der Waals surface area contributed by atoms with Crippen LogP contribution in [0.3, 0.4) is 0 Å². The molecule has 16 heavy (non-hydrogen) atoms. The van der Waals surface area contributed by atoms with E-state index in [0.29, 0.717) is 24.7 Å². The fraction of sp³-hybridized carbons (Fsp3) is 0.500. The normalized spacial score (nSPS) is 22.9. The SMILES string of the molecule is CCOc1ccc(C2CC2C(=O)CC)cc1. The first-order valence-corrected chi connectivity index (χ1v) is 6.01. The minimum atomic E-state index is 0.281. The largest absolute Gasteiger partial charge is 0.494 e. The molecule has 0 spiro atoms. The minimum Gasteiger partial charge on any atom is -0.494 e. The quantitative estimate of drug-likeness (QED) is 0.758. The van der Waals surface area contributed by atoms with Gasteiger partial charge in [-0.05, 0) is 37.0 Å². The molecular weight excluding hydrogens is 200 g/mol. The van der Waals surface area contributed by atoms with Crippen LogP contribution in [0, 0.1) is 5.92 Å². The number of hydrogen-bond donors (Lipinski definition) is 0. The van der Waals surface area contributed by atoms with Gasteiger partial charge in [0.25, 0.3) is 0 Å². The van der Waals surface area contributed by atoms with E-state index in [1.54, 1.807) is 0 Å². The van der Waals surface area contributed by atoms with Crippen molar-refractivity contribution < 1.29 is 9.53 Å². The third-order valence-electron chi connectivity index (χ3n) is 3.17. The van der Waals surface area contributed by atoms with Crippen LogP contribution in [0.15, 0.2) is 24.3 Å². The number of Topliss-reactive ketones (excluding diaryl/α,β-unsaturated/α-hetero) is 1. The summed E-state index contributed by atoms with van der Waals surface area (Å²) in [5.41, 5.74) is 1.27. The molecule has 2 rings (SSSR count). The number of ketones is 1. The maximum atomic E-state index is 11.5. The molecule has 1 aliphatic rings. The van der Waals surface area contributed by atoms with Crippen molar-refractivity contribution in [3.8, 4) is 5.75 Å². The lowest BCUT2D eigenvalue weighted by Gasteiger charge is -2.04. The average molecular weight is 218 g/mol. The van der Waals surface area contributed by atoms with Gasteiger partial charge in [0.15, 0.2) is 0 Å². The molecule has 1 aliphatic carbocycles. The van der Waals surface area contributed by atoms with Crippen LogP contribution < -0.4 is 4.74 Å². The standard InChI is InChI=1S/C14H18O2/c1-3-14(15)13-9-12(13)10-5-7-11(8-6-10)16-4-2/h5-8,12-13H,3-4,9H2,1-2H3. The summed E-state index contributed by atoms with van der Waals surface area (Å²) in [6, 6.07) is 8.15. The molecule has 0 aromatic heterocycles. The van der Waals surface area contributed by atoms with Gasteiger partial charge < -0.3 is 4.74 Å². The van der Waals surface area contributed by atoms with E-state index in [-0.39, 0.29) is 5.92 Å². The summed E-state index contributed by atoms with van der Waals surface area (Å²) in [7, 11) is 0. The number of carbonyl (C=O) groups excluding carboxylic acids is 1. The van der Waals surface area contributed by atoms with E-state index >= 15 is 0 Å². The van der Waals surface area contributed by atoms with Gasteiger partial charge in [0, 0.05) is 12.3 Å². The Bertz CT molecular complexity index is 367. The molecule has 0 bridgehead atoms. The topological polar surface area (TPSA) is 26.3 Å². The zero-order valence-electron chi connectivity index (χ0n) is 9.90. The highest BCUT2D eigenvalue weighted by molar-refractivity contribution is 5.84. The Hall–Kier alpha value is -1.31. The Morgan fingerprint density at radius 3 is 2.56 bits per heavy atom. The van der Waals surface area contributed by atoms with Gasteiger partial charge in [-0.2, -0.15) is 0 Å². The van der Waals surface area contributed by atoms with Gasteiger partial charge in [-0.1, -0.05) is 19.1 Å². The van der Waals surface area contributed by atoms with Crippen LogP contribution in [0.5, 0.6) is 5.75 Å². The molecule has 0 radical (unpaired) electrons. The van der Waals surface area contributed by atoms with Gasteiger partial charge in [0.05, 0.1) is 6.61 Å². The monoisotopic (exact) mass is 218 g/mol. The van der Waals surface area contributed by atoms with E-state index in [1.807, 2.05) is 26.0 Å². The number of rotatable bonds is 5. The van der Waals surface area contributed by atoms with Crippen LogP contribution in [-0.4, -0.2) is 12.4 Å². The lowest BCUT2D eigenvalue weighted by molar-refractivity contribution is -0.120. The van der Waals surface area contributed by atoms with Crippen LogP contribution >= 0.6 is 0 Å². The fourth-order valence-electron chi connectivity index (χ4n) is 2.16. The molecule has 0 aliphatic heterocycles. The highest BCUT2D eigenvalue weighted by atomic mass is 16.5. The molecule has 2 unspecified atom stereocenters. The Morgan fingerprint density at radius 1 is 1.31 bits per heavy atom. The summed E-state index contributed by atoms with van der Waals surface area (Å²) < 4.78 is 5.39. The Morgan fingerprint density at radius 2 is 2.00 bits per heavy atom. The highest BCUT2D eigenvalue weighted by Crippen LogP contribution is 2.48. The highest BCUT2D eigenvalue weighted by Gasteiger charge is 2.42. The van der Waals surface area contributed by atoms with Crippen LogP contribution in [0.25, 0.3) is 0 Å². The van der Waals surface area contributed by atoms with Crippen molar-refractivity contribution in [1.82, 2.24) is 0 Å². The summed E-state index contributed by atoms with van der Waals surface area (Å²) in [6.45, 7) is 4.61. The molecule has 0 heterocycles. The predicted molar refractivity (Wildman–Crippen MR) is 63.8 cm³/mol. The lowest BCUT2D eigenvalue weighted by Crippen LogP contribution is -1.99. The summed E-state index contributed by atoms with van der Waals surface area (Å²) in [6.07, 6.45) is 1.69. The van der Waals surface area contributed by atoms with Crippen LogP contribution in [-0.2, 0) is 4.79 Å². The van der Waals surface area contributed by atoms with Crippen molar-refractivity contribution in [3.05, 3.63) is 29.8 Å². The first-order valence-electron chi connectivity index (χ1n) is 6.01. The third-order valence-corrected chi connectivity index (χ3v) is 3.17. The van der Waals surface area contributed by atoms with Gasteiger partial charge >= 0.3 is 0 Å². The number of benzene rings is 1. The Labute approximate surface area is 96.6 Å². The van der Waals surface area contributed by atoms with Crippen LogP contribution in [0.4, 0.5) is 0 Å².